The van der Waals surface area contributed by atoms with Gasteiger partial charge in [-0.3, -0.25) is 0 Å². The molecule has 2 aromatic heterocycles. The zero-order chi connectivity index (χ0) is 23.5. The van der Waals surface area contributed by atoms with Gasteiger partial charge in [-0.2, -0.15) is 0 Å². The molecule has 1 aliphatic rings. The largest absolute Gasteiger partial charge is 0.494 e. The van der Waals surface area contributed by atoms with E-state index in [0.717, 1.165) is 56.6 Å². The van der Waals surface area contributed by atoms with E-state index in [-0.39, 0.29) is 0 Å². The number of hydrogen-bond donors (Lipinski definition) is 2. The molecule has 5 rings (SSSR count). The Morgan fingerprint density at radius 3 is 2.44 bits per heavy atom. The molecule has 0 bridgehead atoms. The first-order valence-electron chi connectivity index (χ1n) is 11.0. The summed E-state index contributed by atoms with van der Waals surface area (Å²) in [7, 11) is 1.68. The number of H-pyrrole nitrogens is 2. The van der Waals surface area contributed by atoms with E-state index >= 15 is 0 Å². The van der Waals surface area contributed by atoms with Crippen molar-refractivity contribution in [3.63, 3.8) is 0 Å². The van der Waals surface area contributed by atoms with Crippen LogP contribution in [-0.2, 0) is 17.6 Å². The van der Waals surface area contributed by atoms with Crippen LogP contribution in [0, 0.1) is 0 Å². The molecule has 0 saturated carbocycles. The zero-order valence-corrected chi connectivity index (χ0v) is 21.0. The fraction of sp³-hybridized carbons (Fsp3) is 0.107. The van der Waals surface area contributed by atoms with Gasteiger partial charge in [0, 0.05) is 39.6 Å². The van der Waals surface area contributed by atoms with Crippen LogP contribution in [0.25, 0.3) is 6.08 Å². The summed E-state index contributed by atoms with van der Waals surface area (Å²) in [5.74, 6) is 0.742. The van der Waals surface area contributed by atoms with Crippen LogP contribution in [0.3, 0.4) is 0 Å². The van der Waals surface area contributed by atoms with Crippen molar-refractivity contribution in [2.45, 2.75) is 12.8 Å². The average molecular weight is 533 g/mol. The highest BCUT2D eigenvalue weighted by molar-refractivity contribution is 9.10. The van der Waals surface area contributed by atoms with Crippen LogP contribution >= 0.6 is 27.5 Å². The van der Waals surface area contributed by atoms with Crippen molar-refractivity contribution in [2.24, 2.45) is 4.99 Å². The van der Waals surface area contributed by atoms with Crippen molar-refractivity contribution >= 4 is 39.3 Å². The molecule has 0 atom stereocenters. The van der Waals surface area contributed by atoms with Crippen molar-refractivity contribution in [3.8, 4) is 0 Å². The highest BCUT2D eigenvalue weighted by atomic mass is 79.9. The van der Waals surface area contributed by atoms with Crippen LogP contribution in [0.1, 0.15) is 33.8 Å². The number of nitrogens with one attached hydrogen (secondary N) is 2. The minimum Gasteiger partial charge on any atom is -0.494 e. The van der Waals surface area contributed by atoms with E-state index in [2.05, 4.69) is 74.4 Å². The van der Waals surface area contributed by atoms with Crippen LogP contribution in [0.15, 0.2) is 99.9 Å². The molecule has 0 spiro atoms. The van der Waals surface area contributed by atoms with Crippen LogP contribution in [-0.4, -0.2) is 22.8 Å². The number of aliphatic imine (C=N–C) groups is 1. The Labute approximate surface area is 212 Å². The third-order valence-electron chi connectivity index (χ3n) is 5.74. The highest BCUT2D eigenvalue weighted by Gasteiger charge is 2.18. The van der Waals surface area contributed by atoms with E-state index in [9.17, 15) is 0 Å². The van der Waals surface area contributed by atoms with Gasteiger partial charge in [0.2, 0.25) is 0 Å². The van der Waals surface area contributed by atoms with Crippen LogP contribution in [0.4, 0.5) is 0 Å². The number of methoxy groups -OCH3 is 1. The maximum Gasteiger partial charge on any atom is 0.146 e. The number of aromatic amines is 2. The standard InChI is InChI=1S/C28H23BrClN3O/c1-34-28-17-26(24-3-2-12-31-24)33-27(28)16-25-20(13-18-6-10-22(30)11-7-18)15-23(32-25)14-19-4-8-21(29)9-5-19/h2-12,15-17,31-32H,13-14H2,1H3/b27-16-. The summed E-state index contributed by atoms with van der Waals surface area (Å²) in [6.45, 7) is 0. The molecule has 4 aromatic rings. The molecule has 0 saturated heterocycles. The molecule has 0 amide bonds. The molecular weight excluding hydrogens is 510 g/mol. The normalized spacial score (nSPS) is 14.4. The van der Waals surface area contributed by atoms with Crippen molar-refractivity contribution in [1.82, 2.24) is 9.97 Å². The molecule has 34 heavy (non-hydrogen) atoms. The number of aromatic nitrogens is 2. The van der Waals surface area contributed by atoms with Crippen molar-refractivity contribution in [3.05, 3.63) is 134 Å². The Morgan fingerprint density at radius 2 is 1.74 bits per heavy atom. The van der Waals surface area contributed by atoms with Gasteiger partial charge in [-0.05, 0) is 71.7 Å². The molecule has 0 unspecified atom stereocenters. The first kappa shape index (κ1) is 22.5. The van der Waals surface area contributed by atoms with E-state index < -0.39 is 0 Å². The predicted octanol–water partition coefficient (Wildman–Crippen LogP) is 7.31. The summed E-state index contributed by atoms with van der Waals surface area (Å²) in [4.78, 5) is 11.7. The van der Waals surface area contributed by atoms with Crippen molar-refractivity contribution in [1.29, 1.82) is 0 Å². The van der Waals surface area contributed by atoms with Gasteiger partial charge in [0.1, 0.15) is 11.5 Å². The SMILES string of the molecule is COC1=CC(c2ccc[nH]2)=N/C1=C\c1[nH]c(Cc2ccc(Br)cc2)cc1Cc1ccc(Cl)cc1. The predicted molar refractivity (Wildman–Crippen MR) is 142 cm³/mol. The second-order valence-corrected chi connectivity index (χ2v) is 9.52. The Balaban J connectivity index is 1.51. The number of nitrogens with zero attached hydrogens (tertiary/aromatic N) is 1. The van der Waals surface area contributed by atoms with Gasteiger partial charge in [0.15, 0.2) is 0 Å². The summed E-state index contributed by atoms with van der Waals surface area (Å²) in [5, 5.41) is 0.739. The van der Waals surface area contributed by atoms with Gasteiger partial charge in [-0.15, -0.1) is 0 Å². The molecular formula is C28H23BrClN3O. The maximum absolute atomic E-state index is 6.10. The first-order valence-corrected chi connectivity index (χ1v) is 12.1. The van der Waals surface area contributed by atoms with Crippen LogP contribution in [0.5, 0.6) is 0 Å². The minimum absolute atomic E-state index is 0.739. The minimum atomic E-state index is 0.739. The van der Waals surface area contributed by atoms with Gasteiger partial charge in [0.25, 0.3) is 0 Å². The summed E-state index contributed by atoms with van der Waals surface area (Å²) < 4.78 is 6.72. The van der Waals surface area contributed by atoms with Gasteiger partial charge in [-0.25, -0.2) is 4.99 Å². The van der Waals surface area contributed by atoms with Crippen LogP contribution in [0.2, 0.25) is 5.02 Å². The topological polar surface area (TPSA) is 53.2 Å². The van der Waals surface area contributed by atoms with E-state index in [0.29, 0.717) is 0 Å². The number of rotatable bonds is 7. The third kappa shape index (κ3) is 5.11. The molecule has 4 nitrogen and oxygen atoms in total. The smallest absolute Gasteiger partial charge is 0.146 e. The van der Waals surface area contributed by atoms with E-state index in [1.807, 2.05) is 36.5 Å². The Kier molecular flexibility index (Phi) is 6.57. The monoisotopic (exact) mass is 531 g/mol. The fourth-order valence-corrected chi connectivity index (χ4v) is 4.43. The van der Waals surface area contributed by atoms with Gasteiger partial charge in [-0.1, -0.05) is 51.8 Å². The molecule has 0 radical (unpaired) electrons. The number of benzene rings is 2. The fourth-order valence-electron chi connectivity index (χ4n) is 4.04. The zero-order valence-electron chi connectivity index (χ0n) is 18.6. The van der Waals surface area contributed by atoms with Crippen molar-refractivity contribution in [2.75, 3.05) is 7.11 Å². The highest BCUT2D eigenvalue weighted by Crippen LogP contribution is 2.28. The molecule has 1 aliphatic heterocycles. The molecule has 2 aromatic carbocycles. The summed E-state index contributed by atoms with van der Waals surface area (Å²) in [6, 6.07) is 22.6. The lowest BCUT2D eigenvalue weighted by molar-refractivity contribution is 0.303. The molecule has 170 valence electrons. The summed E-state index contributed by atoms with van der Waals surface area (Å²) in [6.07, 6.45) is 7.52. The lowest BCUT2D eigenvalue weighted by Crippen LogP contribution is -1.93. The van der Waals surface area contributed by atoms with Gasteiger partial charge in [0.05, 0.1) is 18.5 Å². The van der Waals surface area contributed by atoms with Gasteiger partial charge < -0.3 is 14.7 Å². The lowest BCUT2D eigenvalue weighted by Gasteiger charge is -2.04. The van der Waals surface area contributed by atoms with E-state index in [4.69, 9.17) is 21.3 Å². The van der Waals surface area contributed by atoms with E-state index in [1.54, 1.807) is 7.11 Å². The number of halogens is 2. The Bertz CT molecular complexity index is 1380. The number of hydrogen-bond acceptors (Lipinski definition) is 2. The first-order chi connectivity index (χ1) is 16.6. The van der Waals surface area contributed by atoms with Crippen molar-refractivity contribution < 1.29 is 4.74 Å². The average Bonchev–Trinajstić information content (AvgIpc) is 3.58. The Hall–Kier alpha value is -3.28. The van der Waals surface area contributed by atoms with E-state index in [1.165, 1.54) is 16.7 Å². The summed E-state index contributed by atoms with van der Waals surface area (Å²) >= 11 is 9.61. The second-order valence-electron chi connectivity index (χ2n) is 8.16. The van der Waals surface area contributed by atoms with Gasteiger partial charge >= 0.3 is 0 Å². The molecule has 2 N–H and O–H groups in total. The third-order valence-corrected chi connectivity index (χ3v) is 6.52. The molecule has 0 aliphatic carbocycles. The lowest BCUT2D eigenvalue weighted by atomic mass is 10.0. The molecule has 6 heteroatoms. The molecule has 3 heterocycles. The number of allylic oxidation sites excluding steroid dienone is 1. The second kappa shape index (κ2) is 9.92. The van der Waals surface area contributed by atoms with Crippen LogP contribution < -0.4 is 0 Å². The number of ether oxygens (including phenoxy) is 1. The quantitative estimate of drug-likeness (QED) is 0.257. The molecule has 0 fully saturated rings. The Morgan fingerprint density at radius 1 is 1.00 bits per heavy atom. The summed E-state index contributed by atoms with van der Waals surface area (Å²) in [5.41, 5.74) is 8.41. The maximum atomic E-state index is 6.10.